The van der Waals surface area contributed by atoms with Crippen LogP contribution in [0.1, 0.15) is 23.7 Å². The molecule has 0 fully saturated rings. The summed E-state index contributed by atoms with van der Waals surface area (Å²) in [6, 6.07) is 12.0. The van der Waals surface area contributed by atoms with E-state index in [1.165, 1.54) is 18.2 Å². The van der Waals surface area contributed by atoms with E-state index >= 15 is 0 Å². The maximum absolute atomic E-state index is 12.5. The first-order valence-electron chi connectivity index (χ1n) is 7.89. The van der Waals surface area contributed by atoms with E-state index in [1.807, 2.05) is 6.92 Å². The van der Waals surface area contributed by atoms with E-state index in [-0.39, 0.29) is 12.4 Å². The molecule has 2 rings (SSSR count). The van der Waals surface area contributed by atoms with E-state index in [0.717, 1.165) is 0 Å². The molecule has 2 aromatic carbocycles. The number of ether oxygens (including phenoxy) is 2. The van der Waals surface area contributed by atoms with Crippen LogP contribution in [0, 0.1) is 0 Å². The molecule has 0 spiro atoms. The van der Waals surface area contributed by atoms with Crippen molar-refractivity contribution in [3.63, 3.8) is 0 Å². The van der Waals surface area contributed by atoms with Gasteiger partial charge in [-0.15, -0.1) is 0 Å². The summed E-state index contributed by atoms with van der Waals surface area (Å²) in [5.41, 5.74) is 1.21. The molecule has 0 unspecified atom stereocenters. The zero-order valence-electron chi connectivity index (χ0n) is 14.0. The first-order chi connectivity index (χ1) is 12.5. The molecule has 4 nitrogen and oxygen atoms in total. The lowest BCUT2D eigenvalue weighted by molar-refractivity contribution is -0.0497. The summed E-state index contributed by atoms with van der Waals surface area (Å²) in [5.74, 6) is 0.0412. The lowest BCUT2D eigenvalue weighted by Gasteiger charge is -2.10. The third-order valence-corrected chi connectivity index (χ3v) is 3.47. The topological polar surface area (TPSA) is 47.6 Å². The van der Waals surface area contributed by atoms with Gasteiger partial charge >= 0.3 is 6.61 Å². The highest BCUT2D eigenvalue weighted by molar-refractivity contribution is 6.04. The van der Waals surface area contributed by atoms with Gasteiger partial charge in [0.1, 0.15) is 18.1 Å². The minimum atomic E-state index is -2.94. The van der Waals surface area contributed by atoms with Crippen molar-refractivity contribution >= 4 is 11.6 Å². The Morgan fingerprint density at radius 1 is 1.15 bits per heavy atom. The number of carbonyl (C=O) groups is 1. The second-order valence-electron chi connectivity index (χ2n) is 5.29. The Labute approximate surface area is 149 Å². The predicted molar refractivity (Wildman–Crippen MR) is 92.4 cm³/mol. The Hall–Kier alpha value is -2.96. The molecule has 0 saturated heterocycles. The summed E-state index contributed by atoms with van der Waals surface area (Å²) >= 11 is 0. The predicted octanol–water partition coefficient (Wildman–Crippen LogP) is 5.18. The van der Waals surface area contributed by atoms with Gasteiger partial charge < -0.3 is 14.8 Å². The van der Waals surface area contributed by atoms with E-state index < -0.39 is 12.5 Å². The highest BCUT2D eigenvalue weighted by Gasteiger charge is 2.09. The van der Waals surface area contributed by atoms with E-state index in [4.69, 9.17) is 4.74 Å². The lowest BCUT2D eigenvalue weighted by Crippen LogP contribution is -2.12. The second kappa shape index (κ2) is 9.50. The Bertz CT molecular complexity index is 761. The first-order valence-corrected chi connectivity index (χ1v) is 7.89. The molecule has 0 aromatic heterocycles. The lowest BCUT2D eigenvalue weighted by atomic mass is 10.2. The maximum atomic E-state index is 12.5. The van der Waals surface area contributed by atoms with Gasteiger partial charge in [0.15, 0.2) is 0 Å². The van der Waals surface area contributed by atoms with Crippen molar-refractivity contribution in [1.82, 2.24) is 0 Å². The van der Waals surface area contributed by atoms with Crippen LogP contribution in [-0.2, 0) is 0 Å². The molecule has 0 bridgehead atoms. The van der Waals surface area contributed by atoms with Crippen LogP contribution in [0.3, 0.4) is 0 Å². The molecule has 0 aliphatic carbocycles. The van der Waals surface area contributed by atoms with Crippen molar-refractivity contribution in [1.29, 1.82) is 0 Å². The van der Waals surface area contributed by atoms with E-state index in [1.54, 1.807) is 30.3 Å². The van der Waals surface area contributed by atoms with Crippen LogP contribution in [-0.4, -0.2) is 19.1 Å². The molecule has 7 heteroatoms. The molecule has 0 radical (unpaired) electrons. The van der Waals surface area contributed by atoms with Crippen molar-refractivity contribution in [3.05, 3.63) is 66.0 Å². The second-order valence-corrected chi connectivity index (χ2v) is 5.29. The quantitative estimate of drug-likeness (QED) is 0.701. The summed E-state index contributed by atoms with van der Waals surface area (Å²) < 4.78 is 46.7. The fourth-order valence-corrected chi connectivity index (χ4v) is 2.04. The first kappa shape index (κ1) is 19.4. The van der Waals surface area contributed by atoms with Gasteiger partial charge in [-0.25, -0.2) is 4.39 Å². The van der Waals surface area contributed by atoms with Crippen molar-refractivity contribution in [2.45, 2.75) is 20.0 Å². The van der Waals surface area contributed by atoms with Gasteiger partial charge in [0.25, 0.3) is 5.91 Å². The molecule has 138 valence electrons. The average molecular weight is 365 g/mol. The van der Waals surface area contributed by atoms with E-state index in [0.29, 0.717) is 35.3 Å². The highest BCUT2D eigenvalue weighted by atomic mass is 19.3. The Morgan fingerprint density at radius 2 is 1.88 bits per heavy atom. The zero-order valence-corrected chi connectivity index (χ0v) is 14.0. The maximum Gasteiger partial charge on any atom is 0.387 e. The summed E-state index contributed by atoms with van der Waals surface area (Å²) in [4.78, 5) is 12.2. The molecule has 1 N–H and O–H groups in total. The van der Waals surface area contributed by atoms with Gasteiger partial charge in [0, 0.05) is 17.3 Å². The van der Waals surface area contributed by atoms with Crippen molar-refractivity contribution in [2.75, 3.05) is 11.9 Å². The molecule has 1 amide bonds. The van der Waals surface area contributed by atoms with Crippen molar-refractivity contribution in [2.24, 2.45) is 0 Å². The van der Waals surface area contributed by atoms with Gasteiger partial charge in [0.2, 0.25) is 0 Å². The van der Waals surface area contributed by atoms with Crippen LogP contribution in [0.25, 0.3) is 0 Å². The molecular formula is C19H18F3NO3. The fourth-order valence-electron chi connectivity index (χ4n) is 2.04. The smallest absolute Gasteiger partial charge is 0.387 e. The molecule has 26 heavy (non-hydrogen) atoms. The molecule has 0 aliphatic heterocycles. The Kier molecular flexibility index (Phi) is 7.08. The minimum absolute atomic E-state index is 0.0470. The number of anilines is 1. The molecule has 0 heterocycles. The van der Waals surface area contributed by atoms with Crippen LogP contribution >= 0.6 is 0 Å². The van der Waals surface area contributed by atoms with Gasteiger partial charge in [-0.1, -0.05) is 13.0 Å². The Balaban J connectivity index is 1.97. The van der Waals surface area contributed by atoms with Crippen LogP contribution in [0.5, 0.6) is 11.5 Å². The average Bonchev–Trinajstić information content (AvgIpc) is 2.63. The van der Waals surface area contributed by atoms with E-state index in [9.17, 15) is 18.0 Å². The van der Waals surface area contributed by atoms with Gasteiger partial charge in [0.05, 0.1) is 6.33 Å². The van der Waals surface area contributed by atoms with Gasteiger partial charge in [-0.3, -0.25) is 4.79 Å². The standard InChI is InChI=1S/C19H18F3NO3/c1-2-13(11-20)12-25-16-8-6-14(7-9-16)18(24)23-15-4-3-5-17(10-15)26-19(21)22/h3-11,19H,2,12H2,1H3,(H,23,24). The Morgan fingerprint density at radius 3 is 2.50 bits per heavy atom. The number of nitrogens with one attached hydrogen (secondary N) is 1. The minimum Gasteiger partial charge on any atom is -0.489 e. The number of benzene rings is 2. The summed E-state index contributed by atoms with van der Waals surface area (Å²) in [7, 11) is 0. The number of carbonyl (C=O) groups excluding carboxylic acids is 1. The number of rotatable bonds is 8. The van der Waals surface area contributed by atoms with Crippen LogP contribution in [0.4, 0.5) is 18.9 Å². The van der Waals surface area contributed by atoms with Crippen molar-refractivity contribution < 1.29 is 27.4 Å². The van der Waals surface area contributed by atoms with Crippen LogP contribution in [0.2, 0.25) is 0 Å². The highest BCUT2D eigenvalue weighted by Crippen LogP contribution is 2.20. The summed E-state index contributed by atoms with van der Waals surface area (Å²) in [6.07, 6.45) is 1.07. The number of halogens is 3. The number of amides is 1. The molecule has 0 saturated carbocycles. The largest absolute Gasteiger partial charge is 0.489 e. The van der Waals surface area contributed by atoms with E-state index in [2.05, 4.69) is 10.1 Å². The summed E-state index contributed by atoms with van der Waals surface area (Å²) in [6.45, 7) is -0.979. The summed E-state index contributed by atoms with van der Waals surface area (Å²) in [5, 5.41) is 2.60. The van der Waals surface area contributed by atoms with Gasteiger partial charge in [-0.05, 0) is 48.4 Å². The van der Waals surface area contributed by atoms with Crippen molar-refractivity contribution in [3.8, 4) is 11.5 Å². The van der Waals surface area contributed by atoms with Crippen LogP contribution in [0.15, 0.2) is 60.4 Å². The van der Waals surface area contributed by atoms with Crippen LogP contribution < -0.4 is 14.8 Å². The molecule has 0 atom stereocenters. The third-order valence-electron chi connectivity index (χ3n) is 3.47. The number of alkyl halides is 2. The number of hydrogen-bond acceptors (Lipinski definition) is 3. The molecule has 2 aromatic rings. The normalized spacial score (nSPS) is 11.3. The fraction of sp³-hybridized carbons (Fsp3) is 0.211. The molecular weight excluding hydrogens is 347 g/mol. The third kappa shape index (κ3) is 5.84. The molecule has 0 aliphatic rings. The SMILES string of the molecule is CCC(=CF)COc1ccc(C(=O)Nc2cccc(OC(F)F)c2)cc1. The van der Waals surface area contributed by atoms with Gasteiger partial charge in [-0.2, -0.15) is 8.78 Å². The zero-order chi connectivity index (χ0) is 18.9. The number of hydrogen-bond donors (Lipinski definition) is 1. The monoisotopic (exact) mass is 365 g/mol.